The Kier molecular flexibility index (Phi) is 4.07. The molecule has 1 aromatic rings. The molecule has 0 aliphatic carbocycles. The number of rotatable bonds is 3. The average molecular weight is 216 g/mol. The summed E-state index contributed by atoms with van der Waals surface area (Å²) in [4.78, 5) is 5.16. The lowest BCUT2D eigenvalue weighted by Gasteiger charge is -2.09. The van der Waals surface area contributed by atoms with Crippen molar-refractivity contribution in [3.63, 3.8) is 0 Å². The van der Waals surface area contributed by atoms with Crippen molar-refractivity contribution in [1.82, 2.24) is 0 Å². The van der Waals surface area contributed by atoms with Crippen LogP contribution < -0.4 is 0 Å². The van der Waals surface area contributed by atoms with Gasteiger partial charge in [-0.2, -0.15) is 5.26 Å². The molecule has 3 heteroatoms. The minimum absolute atomic E-state index is 0.0324. The zero-order valence-electron chi connectivity index (χ0n) is 9.90. The lowest BCUT2D eigenvalue weighted by Crippen LogP contribution is -2.06. The highest BCUT2D eigenvalue weighted by Crippen LogP contribution is 2.09. The zero-order valence-corrected chi connectivity index (χ0v) is 9.90. The SMILES string of the molecule is CC(C)(C)C=NOCc1ccc(C#N)cc1. The molecule has 0 heterocycles. The fourth-order valence-corrected chi connectivity index (χ4v) is 0.983. The van der Waals surface area contributed by atoms with Crippen molar-refractivity contribution in [1.29, 1.82) is 5.26 Å². The number of hydrogen-bond donors (Lipinski definition) is 0. The van der Waals surface area contributed by atoms with E-state index in [1.165, 1.54) is 0 Å². The van der Waals surface area contributed by atoms with Crippen molar-refractivity contribution >= 4 is 6.21 Å². The van der Waals surface area contributed by atoms with Crippen LogP contribution in [-0.2, 0) is 11.4 Å². The second kappa shape index (κ2) is 5.32. The van der Waals surface area contributed by atoms with E-state index in [1.54, 1.807) is 18.3 Å². The summed E-state index contributed by atoms with van der Waals surface area (Å²) in [5.41, 5.74) is 1.69. The van der Waals surface area contributed by atoms with E-state index in [2.05, 4.69) is 32.0 Å². The molecular weight excluding hydrogens is 200 g/mol. The molecule has 3 nitrogen and oxygen atoms in total. The predicted octanol–water partition coefficient (Wildman–Crippen LogP) is 3.11. The highest BCUT2D eigenvalue weighted by Gasteiger charge is 2.05. The van der Waals surface area contributed by atoms with E-state index < -0.39 is 0 Å². The van der Waals surface area contributed by atoms with Crippen LogP contribution in [0.5, 0.6) is 0 Å². The molecule has 1 aromatic carbocycles. The smallest absolute Gasteiger partial charge is 0.142 e. The second-order valence-electron chi connectivity index (χ2n) is 4.68. The molecule has 16 heavy (non-hydrogen) atoms. The molecule has 0 saturated carbocycles. The standard InChI is InChI=1S/C13H16N2O/c1-13(2,3)10-15-16-9-12-6-4-11(8-14)5-7-12/h4-7,10H,9H2,1-3H3. The Bertz CT molecular complexity index is 393. The maximum atomic E-state index is 8.63. The van der Waals surface area contributed by atoms with Gasteiger partial charge < -0.3 is 4.84 Å². The van der Waals surface area contributed by atoms with Gasteiger partial charge >= 0.3 is 0 Å². The second-order valence-corrected chi connectivity index (χ2v) is 4.68. The van der Waals surface area contributed by atoms with Gasteiger partial charge in [0.25, 0.3) is 0 Å². The van der Waals surface area contributed by atoms with Gasteiger partial charge in [-0.1, -0.05) is 38.1 Å². The van der Waals surface area contributed by atoms with E-state index >= 15 is 0 Å². The van der Waals surface area contributed by atoms with E-state index in [0.29, 0.717) is 12.2 Å². The summed E-state index contributed by atoms with van der Waals surface area (Å²) in [5, 5.41) is 12.5. The van der Waals surface area contributed by atoms with Gasteiger partial charge in [-0.15, -0.1) is 0 Å². The third kappa shape index (κ3) is 4.61. The normalized spacial score (nSPS) is 11.4. The molecule has 0 spiro atoms. The first kappa shape index (κ1) is 12.3. The summed E-state index contributed by atoms with van der Waals surface area (Å²) >= 11 is 0. The third-order valence-corrected chi connectivity index (χ3v) is 1.83. The van der Waals surface area contributed by atoms with Crippen LogP contribution in [0.15, 0.2) is 29.4 Å². The van der Waals surface area contributed by atoms with E-state index in [4.69, 9.17) is 10.1 Å². The van der Waals surface area contributed by atoms with Crippen molar-refractivity contribution in [3.05, 3.63) is 35.4 Å². The van der Waals surface area contributed by atoms with Crippen molar-refractivity contribution in [2.75, 3.05) is 0 Å². The van der Waals surface area contributed by atoms with Gasteiger partial charge in [0.15, 0.2) is 0 Å². The van der Waals surface area contributed by atoms with Gasteiger partial charge in [0, 0.05) is 11.6 Å². The molecule has 1 rings (SSSR count). The summed E-state index contributed by atoms with van der Waals surface area (Å²) in [6.45, 7) is 6.60. The topological polar surface area (TPSA) is 45.4 Å². The maximum absolute atomic E-state index is 8.63. The predicted molar refractivity (Wildman–Crippen MR) is 63.9 cm³/mol. The number of nitriles is 1. The molecule has 0 aromatic heterocycles. The summed E-state index contributed by atoms with van der Waals surface area (Å²) < 4.78 is 0. The molecule has 0 aliphatic rings. The first-order valence-corrected chi connectivity index (χ1v) is 5.17. The highest BCUT2D eigenvalue weighted by molar-refractivity contribution is 5.63. The summed E-state index contributed by atoms with van der Waals surface area (Å²) in [5.74, 6) is 0. The Morgan fingerprint density at radius 1 is 1.31 bits per heavy atom. The van der Waals surface area contributed by atoms with Crippen LogP contribution in [-0.4, -0.2) is 6.21 Å². The monoisotopic (exact) mass is 216 g/mol. The van der Waals surface area contributed by atoms with Crippen LogP contribution in [0.25, 0.3) is 0 Å². The number of hydrogen-bond acceptors (Lipinski definition) is 3. The van der Waals surface area contributed by atoms with Gasteiger partial charge in [-0.25, -0.2) is 0 Å². The van der Waals surface area contributed by atoms with Crippen LogP contribution >= 0.6 is 0 Å². The Labute approximate surface area is 96.3 Å². The molecular formula is C13H16N2O. The van der Waals surface area contributed by atoms with E-state index in [-0.39, 0.29) is 5.41 Å². The quantitative estimate of drug-likeness (QED) is 0.575. The molecule has 0 fully saturated rings. The van der Waals surface area contributed by atoms with Crippen LogP contribution in [0.1, 0.15) is 31.9 Å². The van der Waals surface area contributed by atoms with Crippen LogP contribution in [0.2, 0.25) is 0 Å². The maximum Gasteiger partial charge on any atom is 0.142 e. The number of oxime groups is 1. The van der Waals surface area contributed by atoms with Crippen molar-refractivity contribution in [2.24, 2.45) is 10.6 Å². The fourth-order valence-electron chi connectivity index (χ4n) is 0.983. The molecule has 0 radical (unpaired) electrons. The minimum atomic E-state index is 0.0324. The molecule has 0 aliphatic heterocycles. The average Bonchev–Trinajstić information content (AvgIpc) is 2.24. The summed E-state index contributed by atoms with van der Waals surface area (Å²) in [7, 11) is 0. The summed E-state index contributed by atoms with van der Waals surface area (Å²) in [6.07, 6.45) is 1.77. The van der Waals surface area contributed by atoms with Gasteiger partial charge in [0.05, 0.1) is 11.6 Å². The Morgan fingerprint density at radius 3 is 2.44 bits per heavy atom. The third-order valence-electron chi connectivity index (χ3n) is 1.83. The molecule has 0 atom stereocenters. The minimum Gasteiger partial charge on any atom is -0.391 e. The highest BCUT2D eigenvalue weighted by atomic mass is 16.6. The van der Waals surface area contributed by atoms with E-state index in [9.17, 15) is 0 Å². The fraction of sp³-hybridized carbons (Fsp3) is 0.385. The molecule has 0 saturated heterocycles. The van der Waals surface area contributed by atoms with Gasteiger partial charge in [-0.05, 0) is 17.7 Å². The van der Waals surface area contributed by atoms with Crippen molar-refractivity contribution < 1.29 is 4.84 Å². The Morgan fingerprint density at radius 2 is 1.94 bits per heavy atom. The van der Waals surface area contributed by atoms with Crippen LogP contribution in [0.3, 0.4) is 0 Å². The van der Waals surface area contributed by atoms with Gasteiger partial charge in [-0.3, -0.25) is 0 Å². The van der Waals surface area contributed by atoms with Crippen LogP contribution in [0, 0.1) is 16.7 Å². The largest absolute Gasteiger partial charge is 0.391 e. The first-order valence-electron chi connectivity index (χ1n) is 5.17. The van der Waals surface area contributed by atoms with Gasteiger partial charge in [0.2, 0.25) is 0 Å². The van der Waals surface area contributed by atoms with E-state index in [0.717, 1.165) is 5.56 Å². The lowest BCUT2D eigenvalue weighted by atomic mass is 10.00. The van der Waals surface area contributed by atoms with Crippen molar-refractivity contribution in [3.8, 4) is 6.07 Å². The van der Waals surface area contributed by atoms with E-state index in [1.807, 2.05) is 12.1 Å². The summed E-state index contributed by atoms with van der Waals surface area (Å²) in [6, 6.07) is 9.34. The van der Waals surface area contributed by atoms with Gasteiger partial charge in [0.1, 0.15) is 6.61 Å². The number of benzene rings is 1. The number of nitrogens with zero attached hydrogens (tertiary/aromatic N) is 2. The molecule has 0 bridgehead atoms. The lowest BCUT2D eigenvalue weighted by molar-refractivity contribution is 0.129. The molecule has 0 amide bonds. The first-order chi connectivity index (χ1) is 7.51. The van der Waals surface area contributed by atoms with Crippen LogP contribution in [0.4, 0.5) is 0 Å². The van der Waals surface area contributed by atoms with Crippen molar-refractivity contribution in [2.45, 2.75) is 27.4 Å². The zero-order chi connectivity index (χ0) is 12.0. The molecule has 0 N–H and O–H groups in total. The Balaban J connectivity index is 2.44. The molecule has 84 valence electrons. The Hall–Kier alpha value is -1.82. The molecule has 0 unspecified atom stereocenters.